The fourth-order valence-corrected chi connectivity index (χ4v) is 1.26. The Labute approximate surface area is 113 Å². The molecule has 62 valence electrons. The zero-order valence-corrected chi connectivity index (χ0v) is 6.25. The molecule has 0 aliphatic rings. The topological polar surface area (TPSA) is 74.6 Å². The molecule has 0 aliphatic heterocycles. The predicted octanol–water partition coefficient (Wildman–Crippen LogP) is -0.00960. The maximum absolute atomic E-state index is 10.4. The van der Waals surface area contributed by atoms with Crippen molar-refractivity contribution in [3.8, 4) is 5.75 Å². The fraction of sp³-hybridized carbons (Fsp3) is 0. The summed E-state index contributed by atoms with van der Waals surface area (Å²) >= 11 is 0. The van der Waals surface area contributed by atoms with Crippen molar-refractivity contribution >= 4 is 61.5 Å². The van der Waals surface area contributed by atoms with Crippen LogP contribution in [0, 0.1) is 0 Å². The van der Waals surface area contributed by atoms with E-state index in [1.807, 2.05) is 0 Å². The Morgan fingerprint density at radius 1 is 1.17 bits per heavy atom. The molecule has 1 rings (SSSR count). The summed E-state index contributed by atoms with van der Waals surface area (Å²) in [6.45, 7) is 0. The molecule has 1 aromatic carbocycles. The third-order valence-electron chi connectivity index (χ3n) is 1.14. The average Bonchev–Trinajstić information content (AvgIpc) is 1.86. The van der Waals surface area contributed by atoms with Crippen LogP contribution in [-0.2, 0) is 10.1 Å². The Morgan fingerprint density at radius 3 is 2.00 bits per heavy atom. The van der Waals surface area contributed by atoms with Gasteiger partial charge in [0.1, 0.15) is 10.6 Å². The van der Waals surface area contributed by atoms with Crippen LogP contribution in [-0.4, -0.2) is 69.5 Å². The van der Waals surface area contributed by atoms with Gasteiger partial charge < -0.3 is 5.11 Å². The Morgan fingerprint density at radius 2 is 1.67 bits per heavy atom. The van der Waals surface area contributed by atoms with Gasteiger partial charge in [0, 0.05) is 0 Å². The Bertz CT molecular complexity index is 360. The van der Waals surface area contributed by atoms with Crippen LogP contribution < -0.4 is 0 Å². The molecular formula is C6H7KO4S. The summed E-state index contributed by atoms with van der Waals surface area (Å²) in [6.07, 6.45) is 0. The van der Waals surface area contributed by atoms with E-state index in [9.17, 15) is 8.42 Å². The zero-order valence-electron chi connectivity index (χ0n) is 5.43. The van der Waals surface area contributed by atoms with Crippen LogP contribution in [0.2, 0.25) is 0 Å². The van der Waals surface area contributed by atoms with Gasteiger partial charge in [0.05, 0.1) is 0 Å². The molecule has 0 atom stereocenters. The molecule has 0 saturated carbocycles. The van der Waals surface area contributed by atoms with Crippen molar-refractivity contribution in [2.24, 2.45) is 0 Å². The third-order valence-corrected chi connectivity index (χ3v) is 2.04. The molecule has 2 N–H and O–H groups in total. The molecule has 1 aromatic rings. The van der Waals surface area contributed by atoms with Gasteiger partial charge >= 0.3 is 51.4 Å². The van der Waals surface area contributed by atoms with Crippen molar-refractivity contribution in [2.75, 3.05) is 0 Å². The molecule has 0 spiro atoms. The van der Waals surface area contributed by atoms with Gasteiger partial charge in [0.25, 0.3) is 10.1 Å². The van der Waals surface area contributed by atoms with Gasteiger partial charge in [-0.25, -0.2) is 0 Å². The monoisotopic (exact) mass is 214 g/mol. The average molecular weight is 214 g/mol. The standard InChI is InChI=1S/C6H6O4S.K.H/c7-5-3-1-2-4-6(5)11(8,9)10;;/h1-4,7H,(H,8,9,10);;. The van der Waals surface area contributed by atoms with Gasteiger partial charge in [-0.3, -0.25) is 4.55 Å². The SMILES string of the molecule is O=S(=O)(O)c1ccccc1O.[KH]. The van der Waals surface area contributed by atoms with Crippen LogP contribution in [0.5, 0.6) is 5.75 Å². The fourth-order valence-electron chi connectivity index (χ4n) is 0.675. The summed E-state index contributed by atoms with van der Waals surface area (Å²) in [5.41, 5.74) is 0. The molecule has 6 heteroatoms. The van der Waals surface area contributed by atoms with Crippen molar-refractivity contribution < 1.29 is 18.1 Å². The first-order valence-corrected chi connectivity index (χ1v) is 4.21. The molecule has 0 heterocycles. The van der Waals surface area contributed by atoms with Crippen molar-refractivity contribution in [1.29, 1.82) is 0 Å². The van der Waals surface area contributed by atoms with Crippen molar-refractivity contribution in [3.05, 3.63) is 24.3 Å². The summed E-state index contributed by atoms with van der Waals surface area (Å²) in [5, 5.41) is 8.91. The minimum absolute atomic E-state index is 0. The normalized spacial score (nSPS) is 10.4. The number of phenols is 1. The number of rotatable bonds is 1. The van der Waals surface area contributed by atoms with Gasteiger partial charge in [0.15, 0.2) is 0 Å². The molecule has 0 bridgehead atoms. The van der Waals surface area contributed by atoms with Crippen LogP contribution in [0.15, 0.2) is 29.2 Å². The minimum atomic E-state index is -4.28. The molecule has 0 amide bonds. The van der Waals surface area contributed by atoms with E-state index in [0.29, 0.717) is 0 Å². The number of hydrogen-bond donors (Lipinski definition) is 2. The van der Waals surface area contributed by atoms with E-state index in [2.05, 4.69) is 0 Å². The van der Waals surface area contributed by atoms with Gasteiger partial charge in [0.2, 0.25) is 0 Å². The van der Waals surface area contributed by atoms with E-state index in [4.69, 9.17) is 9.66 Å². The first-order valence-electron chi connectivity index (χ1n) is 2.77. The Balaban J connectivity index is 0.00000121. The first kappa shape index (κ1) is 12.6. The van der Waals surface area contributed by atoms with E-state index in [1.54, 1.807) is 0 Å². The molecule has 0 saturated heterocycles. The number of phenolic OH excluding ortho intramolecular Hbond substituents is 1. The van der Waals surface area contributed by atoms with Gasteiger partial charge in [-0.2, -0.15) is 8.42 Å². The summed E-state index contributed by atoms with van der Waals surface area (Å²) in [5.74, 6) is -0.449. The van der Waals surface area contributed by atoms with Crippen LogP contribution in [0.3, 0.4) is 0 Å². The quantitative estimate of drug-likeness (QED) is 0.509. The van der Waals surface area contributed by atoms with Crippen molar-refractivity contribution in [2.45, 2.75) is 4.90 Å². The number of para-hydroxylation sites is 1. The second-order valence-corrected chi connectivity index (χ2v) is 3.33. The number of aromatic hydroxyl groups is 1. The zero-order chi connectivity index (χ0) is 8.48. The van der Waals surface area contributed by atoms with Gasteiger partial charge in [-0.1, -0.05) is 12.1 Å². The number of hydrogen-bond acceptors (Lipinski definition) is 3. The van der Waals surface area contributed by atoms with Gasteiger partial charge in [-0.05, 0) is 12.1 Å². The van der Waals surface area contributed by atoms with E-state index in [0.717, 1.165) is 6.07 Å². The molecular weight excluding hydrogens is 207 g/mol. The van der Waals surface area contributed by atoms with Crippen molar-refractivity contribution in [1.82, 2.24) is 0 Å². The van der Waals surface area contributed by atoms with Crippen LogP contribution in [0.25, 0.3) is 0 Å². The van der Waals surface area contributed by atoms with E-state index < -0.39 is 20.8 Å². The Kier molecular flexibility index (Phi) is 4.93. The molecule has 0 aromatic heterocycles. The van der Waals surface area contributed by atoms with E-state index in [-0.39, 0.29) is 51.4 Å². The summed E-state index contributed by atoms with van der Waals surface area (Å²) in [4.78, 5) is -0.472. The van der Waals surface area contributed by atoms with Crippen LogP contribution in [0.1, 0.15) is 0 Å². The summed E-state index contributed by atoms with van der Waals surface area (Å²) in [7, 11) is -4.28. The van der Waals surface area contributed by atoms with E-state index >= 15 is 0 Å². The third kappa shape index (κ3) is 3.13. The maximum atomic E-state index is 10.4. The van der Waals surface area contributed by atoms with Crippen LogP contribution in [0.4, 0.5) is 0 Å². The molecule has 0 fully saturated rings. The second-order valence-electron chi connectivity index (χ2n) is 1.94. The Hall–Kier alpha value is 0.566. The molecule has 12 heavy (non-hydrogen) atoms. The molecule has 4 nitrogen and oxygen atoms in total. The molecule has 0 radical (unpaired) electrons. The second kappa shape index (κ2) is 4.71. The number of benzene rings is 1. The molecule has 0 aliphatic carbocycles. The van der Waals surface area contributed by atoms with Crippen molar-refractivity contribution in [3.63, 3.8) is 0 Å². The molecule has 0 unspecified atom stereocenters. The predicted molar refractivity (Wildman–Crippen MR) is 45.1 cm³/mol. The summed E-state index contributed by atoms with van der Waals surface area (Å²) < 4.78 is 29.4. The first-order chi connectivity index (χ1) is 5.02. The van der Waals surface area contributed by atoms with Crippen LogP contribution >= 0.6 is 0 Å². The van der Waals surface area contributed by atoms with Gasteiger partial charge in [-0.15, -0.1) is 0 Å². The van der Waals surface area contributed by atoms with E-state index in [1.165, 1.54) is 18.2 Å². The summed E-state index contributed by atoms with van der Waals surface area (Å²) in [6, 6.07) is 5.17.